The van der Waals surface area contributed by atoms with Gasteiger partial charge in [-0.1, -0.05) is 13.0 Å². The van der Waals surface area contributed by atoms with Gasteiger partial charge in [-0.05, 0) is 25.8 Å². The predicted molar refractivity (Wildman–Crippen MR) is 64.0 cm³/mol. The van der Waals surface area contributed by atoms with Gasteiger partial charge in [-0.15, -0.1) is 6.58 Å². The summed E-state index contributed by atoms with van der Waals surface area (Å²) in [7, 11) is 0. The van der Waals surface area contributed by atoms with Gasteiger partial charge in [0.25, 0.3) is 0 Å². The van der Waals surface area contributed by atoms with Gasteiger partial charge < -0.3 is 10.4 Å². The minimum atomic E-state index is -0.316. The molecule has 0 aliphatic carbocycles. The maximum Gasteiger partial charge on any atom is 0.237 e. The number of aliphatic hydroxyl groups is 1. The van der Waals surface area contributed by atoms with Crippen molar-refractivity contribution in [2.24, 2.45) is 5.92 Å². The zero-order valence-electron chi connectivity index (χ0n) is 10.1. The standard InChI is InChI=1S/C12H22N2O2/c1-4-6-13-12(16)10(3)14-7-5-9(2)11(15)8-14/h4,9-11,15H,1,5-8H2,2-3H3,(H,13,16). The van der Waals surface area contributed by atoms with Crippen LogP contribution in [0, 0.1) is 5.92 Å². The van der Waals surface area contributed by atoms with Gasteiger partial charge in [-0.2, -0.15) is 0 Å². The van der Waals surface area contributed by atoms with E-state index in [9.17, 15) is 9.90 Å². The molecule has 1 saturated heterocycles. The van der Waals surface area contributed by atoms with E-state index >= 15 is 0 Å². The number of amides is 1. The Kier molecular flexibility index (Phi) is 4.96. The second-order valence-electron chi connectivity index (χ2n) is 4.54. The van der Waals surface area contributed by atoms with Crippen LogP contribution in [0.5, 0.6) is 0 Å². The van der Waals surface area contributed by atoms with E-state index in [0.29, 0.717) is 19.0 Å². The topological polar surface area (TPSA) is 52.6 Å². The molecule has 0 aromatic rings. The van der Waals surface area contributed by atoms with Crippen molar-refractivity contribution in [2.75, 3.05) is 19.6 Å². The summed E-state index contributed by atoms with van der Waals surface area (Å²) in [5.74, 6) is 0.335. The average molecular weight is 226 g/mol. The smallest absolute Gasteiger partial charge is 0.237 e. The van der Waals surface area contributed by atoms with E-state index in [2.05, 4.69) is 11.9 Å². The van der Waals surface area contributed by atoms with Crippen molar-refractivity contribution in [3.05, 3.63) is 12.7 Å². The van der Waals surface area contributed by atoms with Gasteiger partial charge in [0.05, 0.1) is 12.1 Å². The zero-order valence-corrected chi connectivity index (χ0v) is 10.1. The lowest BCUT2D eigenvalue weighted by Gasteiger charge is -2.37. The number of carbonyl (C=O) groups is 1. The van der Waals surface area contributed by atoms with E-state index in [1.165, 1.54) is 0 Å². The Morgan fingerprint density at radius 3 is 3.00 bits per heavy atom. The number of nitrogens with one attached hydrogen (secondary N) is 1. The van der Waals surface area contributed by atoms with Crippen LogP contribution in [0.3, 0.4) is 0 Å². The van der Waals surface area contributed by atoms with Crippen molar-refractivity contribution in [1.29, 1.82) is 0 Å². The summed E-state index contributed by atoms with van der Waals surface area (Å²) >= 11 is 0. The summed E-state index contributed by atoms with van der Waals surface area (Å²) in [4.78, 5) is 13.7. The summed E-state index contributed by atoms with van der Waals surface area (Å²) < 4.78 is 0. The zero-order chi connectivity index (χ0) is 12.1. The largest absolute Gasteiger partial charge is 0.392 e. The lowest BCUT2D eigenvalue weighted by molar-refractivity contribution is -0.127. The van der Waals surface area contributed by atoms with Crippen LogP contribution in [0.1, 0.15) is 20.3 Å². The van der Waals surface area contributed by atoms with Crippen LogP contribution in [0.15, 0.2) is 12.7 Å². The van der Waals surface area contributed by atoms with Crippen molar-refractivity contribution in [3.8, 4) is 0 Å². The lowest BCUT2D eigenvalue weighted by atomic mass is 9.95. The summed E-state index contributed by atoms with van der Waals surface area (Å²) in [5, 5.41) is 12.5. The first kappa shape index (κ1) is 13.2. The molecule has 0 spiro atoms. The number of hydrogen-bond acceptors (Lipinski definition) is 3. The van der Waals surface area contributed by atoms with Crippen molar-refractivity contribution < 1.29 is 9.90 Å². The van der Waals surface area contributed by atoms with Crippen LogP contribution in [0.25, 0.3) is 0 Å². The molecule has 92 valence electrons. The van der Waals surface area contributed by atoms with E-state index in [1.54, 1.807) is 6.08 Å². The molecule has 0 bridgehead atoms. The van der Waals surface area contributed by atoms with Crippen molar-refractivity contribution in [1.82, 2.24) is 10.2 Å². The van der Waals surface area contributed by atoms with E-state index in [4.69, 9.17) is 0 Å². The van der Waals surface area contributed by atoms with E-state index in [0.717, 1.165) is 13.0 Å². The van der Waals surface area contributed by atoms with Crippen LogP contribution in [-0.4, -0.2) is 47.7 Å². The Morgan fingerprint density at radius 2 is 2.44 bits per heavy atom. The first-order valence-electron chi connectivity index (χ1n) is 5.87. The highest BCUT2D eigenvalue weighted by Gasteiger charge is 2.29. The number of carbonyl (C=O) groups excluding carboxylic acids is 1. The third-order valence-electron chi connectivity index (χ3n) is 3.30. The van der Waals surface area contributed by atoms with Gasteiger partial charge in [0.15, 0.2) is 0 Å². The molecule has 0 aromatic carbocycles. The van der Waals surface area contributed by atoms with Gasteiger partial charge in [-0.25, -0.2) is 0 Å². The summed E-state index contributed by atoms with van der Waals surface area (Å²) in [6.07, 6.45) is 2.29. The van der Waals surface area contributed by atoms with Crippen molar-refractivity contribution >= 4 is 5.91 Å². The average Bonchev–Trinajstić information content (AvgIpc) is 2.28. The molecule has 4 heteroatoms. The Labute approximate surface area is 97.3 Å². The SMILES string of the molecule is C=CCNC(=O)C(C)N1CCC(C)C(O)C1. The molecular weight excluding hydrogens is 204 g/mol. The van der Waals surface area contributed by atoms with Crippen molar-refractivity contribution in [3.63, 3.8) is 0 Å². The molecule has 0 radical (unpaired) electrons. The monoisotopic (exact) mass is 226 g/mol. The first-order chi connectivity index (χ1) is 7.56. The Balaban J connectivity index is 2.44. The molecule has 16 heavy (non-hydrogen) atoms. The normalized spacial score (nSPS) is 28.4. The number of aliphatic hydroxyl groups excluding tert-OH is 1. The fourth-order valence-corrected chi connectivity index (χ4v) is 1.91. The molecular formula is C12H22N2O2. The summed E-state index contributed by atoms with van der Waals surface area (Å²) in [5.41, 5.74) is 0. The minimum Gasteiger partial charge on any atom is -0.392 e. The Morgan fingerprint density at radius 1 is 1.75 bits per heavy atom. The maximum absolute atomic E-state index is 11.7. The maximum atomic E-state index is 11.7. The highest BCUT2D eigenvalue weighted by molar-refractivity contribution is 5.81. The molecule has 1 aliphatic rings. The van der Waals surface area contributed by atoms with Crippen molar-refractivity contribution in [2.45, 2.75) is 32.4 Å². The van der Waals surface area contributed by atoms with Gasteiger partial charge >= 0.3 is 0 Å². The number of β-amino-alcohol motifs (C(OH)–C–C–N with tert-alkyl or cyclic N) is 1. The molecule has 2 N–H and O–H groups in total. The Hall–Kier alpha value is -0.870. The van der Waals surface area contributed by atoms with Gasteiger partial charge in [0.1, 0.15) is 0 Å². The number of piperidine rings is 1. The van der Waals surface area contributed by atoms with Crippen LogP contribution in [-0.2, 0) is 4.79 Å². The molecule has 3 unspecified atom stereocenters. The highest BCUT2D eigenvalue weighted by Crippen LogP contribution is 2.18. The Bertz CT molecular complexity index is 255. The van der Waals surface area contributed by atoms with Crippen LogP contribution in [0.2, 0.25) is 0 Å². The second kappa shape index (κ2) is 6.01. The highest BCUT2D eigenvalue weighted by atomic mass is 16.3. The number of likely N-dealkylation sites (tertiary alicyclic amines) is 1. The van der Waals surface area contributed by atoms with E-state index in [1.807, 2.05) is 18.7 Å². The van der Waals surface area contributed by atoms with Gasteiger partial charge in [-0.3, -0.25) is 9.69 Å². The molecule has 0 saturated carbocycles. The van der Waals surface area contributed by atoms with Crippen LogP contribution >= 0.6 is 0 Å². The molecule has 0 aromatic heterocycles. The quantitative estimate of drug-likeness (QED) is 0.681. The predicted octanol–water partition coefficient (Wildman–Crippen LogP) is 0.380. The molecule has 3 atom stereocenters. The first-order valence-corrected chi connectivity index (χ1v) is 5.87. The minimum absolute atomic E-state index is 0.00153. The fourth-order valence-electron chi connectivity index (χ4n) is 1.91. The molecule has 4 nitrogen and oxygen atoms in total. The number of rotatable bonds is 4. The van der Waals surface area contributed by atoms with E-state index < -0.39 is 0 Å². The molecule has 1 fully saturated rings. The molecule has 1 aliphatic heterocycles. The lowest BCUT2D eigenvalue weighted by Crippen LogP contribution is -2.52. The molecule has 1 heterocycles. The van der Waals surface area contributed by atoms with Gasteiger partial charge in [0.2, 0.25) is 5.91 Å². The molecule has 1 amide bonds. The third kappa shape index (κ3) is 3.32. The van der Waals surface area contributed by atoms with Gasteiger partial charge in [0, 0.05) is 13.1 Å². The summed E-state index contributed by atoms with van der Waals surface area (Å²) in [6, 6.07) is -0.179. The van der Waals surface area contributed by atoms with Crippen LogP contribution < -0.4 is 5.32 Å². The fraction of sp³-hybridized carbons (Fsp3) is 0.750. The number of hydrogen-bond donors (Lipinski definition) is 2. The third-order valence-corrected chi connectivity index (χ3v) is 3.30. The summed E-state index contributed by atoms with van der Waals surface area (Å²) in [6.45, 7) is 9.44. The van der Waals surface area contributed by atoms with E-state index in [-0.39, 0.29) is 18.1 Å². The second-order valence-corrected chi connectivity index (χ2v) is 4.54. The molecule has 1 rings (SSSR count). The number of nitrogens with zero attached hydrogens (tertiary/aromatic N) is 1. The van der Waals surface area contributed by atoms with Crippen LogP contribution in [0.4, 0.5) is 0 Å².